The Kier molecular flexibility index (Phi) is 4.65. The largest absolute Gasteiger partial charge is 0.444 e. The number of rotatable bonds is 3. The zero-order valence-electron chi connectivity index (χ0n) is 12.5. The van der Waals surface area contributed by atoms with Crippen LogP contribution in [-0.4, -0.2) is 40.7 Å². The first-order valence-corrected chi connectivity index (χ1v) is 7.86. The van der Waals surface area contributed by atoms with E-state index in [0.29, 0.717) is 6.04 Å². The molecule has 6 heteroatoms. The van der Waals surface area contributed by atoms with E-state index in [-0.39, 0.29) is 12.1 Å². The molecule has 1 aromatic heterocycles. The van der Waals surface area contributed by atoms with E-state index in [2.05, 4.69) is 22.1 Å². The topological polar surface area (TPSA) is 54.5 Å². The zero-order chi connectivity index (χ0) is 14.8. The number of ether oxygens (including phenoxy) is 1. The summed E-state index contributed by atoms with van der Waals surface area (Å²) in [5.74, 6) is 0. The van der Waals surface area contributed by atoms with Gasteiger partial charge in [0.2, 0.25) is 0 Å². The molecule has 2 atom stereocenters. The highest BCUT2D eigenvalue weighted by atomic mass is 32.1. The van der Waals surface area contributed by atoms with E-state index in [4.69, 9.17) is 4.74 Å². The SMILES string of the molecule is CC(c1nccs1)N1CCC(NC(=O)OC(C)(C)C)C1. The first kappa shape index (κ1) is 15.3. The van der Waals surface area contributed by atoms with E-state index >= 15 is 0 Å². The molecule has 2 unspecified atom stereocenters. The number of alkyl carbamates (subject to hydrolysis) is 1. The Morgan fingerprint density at radius 3 is 2.95 bits per heavy atom. The van der Waals surface area contributed by atoms with Crippen LogP contribution in [0.15, 0.2) is 11.6 Å². The molecule has 1 fully saturated rings. The lowest BCUT2D eigenvalue weighted by molar-refractivity contribution is 0.0504. The lowest BCUT2D eigenvalue weighted by Crippen LogP contribution is -2.40. The number of aromatic nitrogens is 1. The highest BCUT2D eigenvalue weighted by Gasteiger charge is 2.29. The number of carbonyl (C=O) groups excluding carboxylic acids is 1. The Bertz CT molecular complexity index is 442. The van der Waals surface area contributed by atoms with Crippen molar-refractivity contribution in [3.8, 4) is 0 Å². The summed E-state index contributed by atoms with van der Waals surface area (Å²) in [6.45, 7) is 9.60. The molecule has 1 N–H and O–H groups in total. The molecule has 0 radical (unpaired) electrons. The van der Waals surface area contributed by atoms with E-state index < -0.39 is 5.60 Å². The van der Waals surface area contributed by atoms with Crippen LogP contribution in [0.5, 0.6) is 0 Å². The standard InChI is InChI=1S/C14H23N3O2S/c1-10(12-15-6-8-20-12)17-7-5-11(9-17)16-13(18)19-14(2,3)4/h6,8,10-11H,5,7,9H2,1-4H3,(H,16,18). The zero-order valence-corrected chi connectivity index (χ0v) is 13.4. The summed E-state index contributed by atoms with van der Waals surface area (Å²) < 4.78 is 5.29. The van der Waals surface area contributed by atoms with Crippen molar-refractivity contribution >= 4 is 17.4 Å². The van der Waals surface area contributed by atoms with Gasteiger partial charge in [0.05, 0.1) is 6.04 Å². The van der Waals surface area contributed by atoms with Crippen molar-refractivity contribution in [1.29, 1.82) is 0 Å². The van der Waals surface area contributed by atoms with Crippen molar-refractivity contribution in [2.75, 3.05) is 13.1 Å². The Balaban J connectivity index is 1.82. The minimum atomic E-state index is -0.448. The van der Waals surface area contributed by atoms with Crippen LogP contribution in [0.3, 0.4) is 0 Å². The molecule has 0 saturated carbocycles. The summed E-state index contributed by atoms with van der Waals surface area (Å²) in [5, 5.41) is 6.07. The van der Waals surface area contributed by atoms with Crippen molar-refractivity contribution in [3.05, 3.63) is 16.6 Å². The molecule has 0 aliphatic carbocycles. The van der Waals surface area contributed by atoms with Crippen molar-refractivity contribution in [3.63, 3.8) is 0 Å². The molecule has 0 spiro atoms. The second-order valence-electron chi connectivity index (χ2n) is 6.17. The van der Waals surface area contributed by atoms with Gasteiger partial charge >= 0.3 is 6.09 Å². The van der Waals surface area contributed by atoms with Gasteiger partial charge in [-0.3, -0.25) is 4.90 Å². The van der Waals surface area contributed by atoms with E-state index in [1.54, 1.807) is 11.3 Å². The van der Waals surface area contributed by atoms with Crippen LogP contribution in [0.25, 0.3) is 0 Å². The number of nitrogens with zero attached hydrogens (tertiary/aromatic N) is 2. The van der Waals surface area contributed by atoms with Gasteiger partial charge in [0.15, 0.2) is 0 Å². The summed E-state index contributed by atoms with van der Waals surface area (Å²) in [6.07, 6.45) is 2.46. The maximum absolute atomic E-state index is 11.8. The maximum Gasteiger partial charge on any atom is 0.407 e. The summed E-state index contributed by atoms with van der Waals surface area (Å²) in [7, 11) is 0. The molecule has 5 nitrogen and oxygen atoms in total. The van der Waals surface area contributed by atoms with Gasteiger partial charge in [0.1, 0.15) is 10.6 Å². The predicted octanol–water partition coefficient (Wildman–Crippen LogP) is 2.80. The Hall–Kier alpha value is -1.14. The number of hydrogen-bond donors (Lipinski definition) is 1. The van der Waals surface area contributed by atoms with Gasteiger partial charge < -0.3 is 10.1 Å². The van der Waals surface area contributed by atoms with Gasteiger partial charge in [-0.1, -0.05) is 0 Å². The molecule has 1 saturated heterocycles. The average Bonchev–Trinajstić information content (AvgIpc) is 2.95. The van der Waals surface area contributed by atoms with Crippen LogP contribution in [0.4, 0.5) is 4.79 Å². The van der Waals surface area contributed by atoms with Crippen molar-refractivity contribution in [2.45, 2.75) is 51.8 Å². The molecule has 112 valence electrons. The number of likely N-dealkylation sites (tertiary alicyclic amines) is 1. The number of carbonyl (C=O) groups is 1. The minimum absolute atomic E-state index is 0.160. The molecular formula is C14H23N3O2S. The normalized spacial score (nSPS) is 21.7. The molecule has 2 heterocycles. The van der Waals surface area contributed by atoms with Gasteiger partial charge in [-0.15, -0.1) is 11.3 Å². The fraction of sp³-hybridized carbons (Fsp3) is 0.714. The maximum atomic E-state index is 11.8. The molecule has 0 aromatic carbocycles. The lowest BCUT2D eigenvalue weighted by atomic mass is 10.2. The van der Waals surface area contributed by atoms with Gasteiger partial charge in [0, 0.05) is 30.7 Å². The highest BCUT2D eigenvalue weighted by Crippen LogP contribution is 2.26. The second-order valence-corrected chi connectivity index (χ2v) is 7.10. The average molecular weight is 297 g/mol. The first-order chi connectivity index (χ1) is 9.35. The lowest BCUT2D eigenvalue weighted by Gasteiger charge is -2.24. The minimum Gasteiger partial charge on any atom is -0.444 e. The number of hydrogen-bond acceptors (Lipinski definition) is 5. The Morgan fingerprint density at radius 1 is 1.60 bits per heavy atom. The first-order valence-electron chi connectivity index (χ1n) is 6.98. The molecule has 2 rings (SSSR count). The molecule has 1 aliphatic heterocycles. The summed E-state index contributed by atoms with van der Waals surface area (Å²) in [6, 6.07) is 0.465. The van der Waals surface area contributed by atoms with Crippen LogP contribution < -0.4 is 5.32 Å². The van der Waals surface area contributed by atoms with Crippen LogP contribution in [0.1, 0.15) is 45.2 Å². The van der Waals surface area contributed by atoms with E-state index in [1.807, 2.05) is 32.3 Å². The molecule has 1 aliphatic rings. The summed E-state index contributed by atoms with van der Waals surface area (Å²) in [5.41, 5.74) is -0.448. The van der Waals surface area contributed by atoms with Crippen LogP contribution in [-0.2, 0) is 4.74 Å². The third-order valence-corrected chi connectivity index (χ3v) is 4.24. The summed E-state index contributed by atoms with van der Waals surface area (Å²) in [4.78, 5) is 18.5. The second kappa shape index (κ2) is 6.10. The van der Waals surface area contributed by atoms with Crippen LogP contribution in [0, 0.1) is 0 Å². The molecule has 1 aromatic rings. The monoisotopic (exact) mass is 297 g/mol. The van der Waals surface area contributed by atoms with Crippen molar-refractivity contribution in [2.24, 2.45) is 0 Å². The number of thiazole rings is 1. The van der Waals surface area contributed by atoms with Crippen LogP contribution in [0.2, 0.25) is 0 Å². The smallest absolute Gasteiger partial charge is 0.407 e. The predicted molar refractivity (Wildman–Crippen MR) is 79.9 cm³/mol. The molecule has 0 bridgehead atoms. The van der Waals surface area contributed by atoms with Crippen molar-refractivity contribution in [1.82, 2.24) is 15.2 Å². The third-order valence-electron chi connectivity index (χ3n) is 3.30. The third kappa shape index (κ3) is 4.18. The summed E-state index contributed by atoms with van der Waals surface area (Å²) >= 11 is 1.68. The number of amides is 1. The van der Waals surface area contributed by atoms with Gasteiger partial charge in [-0.05, 0) is 34.1 Å². The van der Waals surface area contributed by atoms with Crippen molar-refractivity contribution < 1.29 is 9.53 Å². The van der Waals surface area contributed by atoms with Gasteiger partial charge in [0.25, 0.3) is 0 Å². The van der Waals surface area contributed by atoms with E-state index in [1.165, 1.54) is 0 Å². The molecular weight excluding hydrogens is 274 g/mol. The fourth-order valence-corrected chi connectivity index (χ4v) is 3.06. The Morgan fingerprint density at radius 2 is 2.35 bits per heavy atom. The quantitative estimate of drug-likeness (QED) is 0.932. The molecule has 20 heavy (non-hydrogen) atoms. The van der Waals surface area contributed by atoms with Gasteiger partial charge in [-0.25, -0.2) is 9.78 Å². The van der Waals surface area contributed by atoms with E-state index in [0.717, 1.165) is 24.5 Å². The number of nitrogens with one attached hydrogen (secondary N) is 1. The van der Waals surface area contributed by atoms with E-state index in [9.17, 15) is 4.79 Å². The fourth-order valence-electron chi connectivity index (χ4n) is 2.33. The Labute approximate surface area is 124 Å². The van der Waals surface area contributed by atoms with Crippen LogP contribution >= 0.6 is 11.3 Å². The highest BCUT2D eigenvalue weighted by molar-refractivity contribution is 7.09. The molecule has 1 amide bonds. The van der Waals surface area contributed by atoms with Gasteiger partial charge in [-0.2, -0.15) is 0 Å².